The van der Waals surface area contributed by atoms with Gasteiger partial charge in [0.05, 0.1) is 12.1 Å². The number of fused-ring (bicyclic) bond motifs is 1. The fraction of sp³-hybridized carbons (Fsp3) is 0.455. The lowest BCUT2D eigenvalue weighted by Crippen LogP contribution is -2.17. The third-order valence-corrected chi connectivity index (χ3v) is 3.02. The lowest BCUT2D eigenvalue weighted by molar-refractivity contribution is -0.0602. The average molecular weight is 263 g/mol. The number of hydrogen-bond donors (Lipinski definition) is 0. The molecule has 1 atom stereocenters. The highest BCUT2D eigenvalue weighted by Crippen LogP contribution is 2.45. The van der Waals surface area contributed by atoms with Gasteiger partial charge in [0.2, 0.25) is 6.29 Å². The van der Waals surface area contributed by atoms with E-state index in [1.165, 1.54) is 7.11 Å². The molecule has 1 aromatic carbocycles. The van der Waals surface area contributed by atoms with Crippen LogP contribution in [0, 0.1) is 0 Å². The molecule has 0 amide bonds. The largest absolute Gasteiger partial charge is 0.493 e. The molecule has 0 saturated carbocycles. The second-order valence-electron chi connectivity index (χ2n) is 3.40. The van der Waals surface area contributed by atoms with Gasteiger partial charge in [0.25, 0.3) is 0 Å². The lowest BCUT2D eigenvalue weighted by atomic mass is 10.1. The maximum atomic E-state index is 6.14. The summed E-state index contributed by atoms with van der Waals surface area (Å²) in [5.74, 6) is 1.06. The van der Waals surface area contributed by atoms with Crippen LogP contribution >= 0.6 is 23.2 Å². The quantitative estimate of drug-likeness (QED) is 0.837. The Bertz CT molecular complexity index is 407. The molecule has 0 bridgehead atoms. The third kappa shape index (κ3) is 1.95. The monoisotopic (exact) mass is 262 g/mol. The summed E-state index contributed by atoms with van der Waals surface area (Å²) in [7, 11) is 1.52. The van der Waals surface area contributed by atoms with Gasteiger partial charge >= 0.3 is 0 Å². The maximum absolute atomic E-state index is 6.14. The minimum absolute atomic E-state index is 0.277. The Labute approximate surface area is 104 Å². The molecule has 0 aromatic heterocycles. The molecule has 5 heteroatoms. The first-order valence-corrected chi connectivity index (χ1v) is 5.76. The Morgan fingerprint density at radius 3 is 2.88 bits per heavy atom. The van der Waals surface area contributed by atoms with Crippen LogP contribution in [-0.2, 0) is 11.2 Å². The van der Waals surface area contributed by atoms with Gasteiger partial charge in [0.15, 0.2) is 5.75 Å². The zero-order valence-corrected chi connectivity index (χ0v) is 10.6. The summed E-state index contributed by atoms with van der Waals surface area (Å²) in [4.78, 5) is 0. The minimum Gasteiger partial charge on any atom is -0.493 e. The van der Waals surface area contributed by atoms with E-state index in [9.17, 15) is 0 Å². The first-order chi connectivity index (χ1) is 7.67. The van der Waals surface area contributed by atoms with E-state index >= 15 is 0 Å². The topological polar surface area (TPSA) is 27.7 Å². The van der Waals surface area contributed by atoms with Crippen LogP contribution in [0.1, 0.15) is 12.5 Å². The van der Waals surface area contributed by atoms with Crippen molar-refractivity contribution in [1.82, 2.24) is 0 Å². The molecule has 16 heavy (non-hydrogen) atoms. The molecule has 0 radical (unpaired) electrons. The van der Waals surface area contributed by atoms with E-state index in [4.69, 9.17) is 37.4 Å². The minimum atomic E-state index is -0.277. The SMILES string of the molecule is CCOC1Cc2cc(Cl)c(OC)c(Cl)c2O1. The first-order valence-electron chi connectivity index (χ1n) is 5.00. The Kier molecular flexibility index (Phi) is 3.47. The van der Waals surface area contributed by atoms with Gasteiger partial charge in [-0.2, -0.15) is 0 Å². The van der Waals surface area contributed by atoms with E-state index < -0.39 is 0 Å². The van der Waals surface area contributed by atoms with Crippen molar-refractivity contribution in [2.24, 2.45) is 0 Å². The van der Waals surface area contributed by atoms with E-state index in [-0.39, 0.29) is 6.29 Å². The van der Waals surface area contributed by atoms with Gasteiger partial charge in [-0.15, -0.1) is 0 Å². The van der Waals surface area contributed by atoms with Crippen molar-refractivity contribution in [2.75, 3.05) is 13.7 Å². The summed E-state index contributed by atoms with van der Waals surface area (Å²) < 4.78 is 16.1. The molecule has 0 N–H and O–H groups in total. The molecule has 0 spiro atoms. The molecule has 3 nitrogen and oxygen atoms in total. The molecule has 1 heterocycles. The summed E-state index contributed by atoms with van der Waals surface area (Å²) in [5.41, 5.74) is 0.953. The standard InChI is InChI=1S/C11H12Cl2O3/c1-3-15-8-5-6-4-7(12)11(14-2)9(13)10(6)16-8/h4,8H,3,5H2,1-2H3. The molecule has 1 aliphatic heterocycles. The fourth-order valence-corrected chi connectivity index (χ4v) is 2.43. The van der Waals surface area contributed by atoms with Crippen molar-refractivity contribution in [3.8, 4) is 11.5 Å². The van der Waals surface area contributed by atoms with Crippen molar-refractivity contribution in [3.05, 3.63) is 21.7 Å². The second-order valence-corrected chi connectivity index (χ2v) is 4.19. The van der Waals surface area contributed by atoms with Crippen LogP contribution in [0.25, 0.3) is 0 Å². The number of rotatable bonds is 3. The predicted octanol–water partition coefficient (Wildman–Crippen LogP) is 3.30. The van der Waals surface area contributed by atoms with Crippen LogP contribution in [0.15, 0.2) is 6.07 Å². The van der Waals surface area contributed by atoms with E-state index in [2.05, 4.69) is 0 Å². The summed E-state index contributed by atoms with van der Waals surface area (Å²) in [6, 6.07) is 1.81. The zero-order valence-electron chi connectivity index (χ0n) is 9.05. The Morgan fingerprint density at radius 1 is 1.50 bits per heavy atom. The van der Waals surface area contributed by atoms with E-state index in [1.807, 2.05) is 6.92 Å². The van der Waals surface area contributed by atoms with Crippen LogP contribution in [0.4, 0.5) is 0 Å². The zero-order chi connectivity index (χ0) is 11.7. The second kappa shape index (κ2) is 4.70. The number of methoxy groups -OCH3 is 1. The first kappa shape index (κ1) is 11.8. The average Bonchev–Trinajstić information content (AvgIpc) is 2.62. The van der Waals surface area contributed by atoms with E-state index in [1.54, 1.807) is 6.07 Å². The maximum Gasteiger partial charge on any atom is 0.204 e. The summed E-state index contributed by atoms with van der Waals surface area (Å²) in [6.45, 7) is 2.52. The van der Waals surface area contributed by atoms with Crippen molar-refractivity contribution < 1.29 is 14.2 Å². The van der Waals surface area contributed by atoms with Crippen LogP contribution in [0.2, 0.25) is 10.0 Å². The molecule has 2 rings (SSSR count). The number of halogens is 2. The van der Waals surface area contributed by atoms with Crippen LogP contribution in [0.3, 0.4) is 0 Å². The molecular weight excluding hydrogens is 251 g/mol. The molecule has 0 fully saturated rings. The molecule has 0 aliphatic carbocycles. The van der Waals surface area contributed by atoms with Gasteiger partial charge in [0, 0.05) is 18.6 Å². The van der Waals surface area contributed by atoms with Gasteiger partial charge in [-0.05, 0) is 13.0 Å². The number of ether oxygens (including phenoxy) is 3. The Balaban J connectivity index is 2.35. The summed E-state index contributed by atoms with van der Waals surface area (Å²) in [5, 5.41) is 0.902. The van der Waals surface area contributed by atoms with Crippen molar-refractivity contribution >= 4 is 23.2 Å². The van der Waals surface area contributed by atoms with Gasteiger partial charge < -0.3 is 14.2 Å². The number of hydrogen-bond acceptors (Lipinski definition) is 3. The third-order valence-electron chi connectivity index (χ3n) is 2.40. The van der Waals surface area contributed by atoms with Crippen LogP contribution < -0.4 is 9.47 Å². The van der Waals surface area contributed by atoms with Crippen LogP contribution in [0.5, 0.6) is 11.5 Å². The van der Waals surface area contributed by atoms with E-state index in [0.29, 0.717) is 34.6 Å². The summed E-state index contributed by atoms with van der Waals surface area (Å²) >= 11 is 12.2. The van der Waals surface area contributed by atoms with Crippen molar-refractivity contribution in [3.63, 3.8) is 0 Å². The Morgan fingerprint density at radius 2 is 2.25 bits per heavy atom. The molecule has 0 saturated heterocycles. The highest BCUT2D eigenvalue weighted by atomic mass is 35.5. The number of benzene rings is 1. The fourth-order valence-electron chi connectivity index (χ4n) is 1.73. The molecule has 1 aromatic rings. The van der Waals surface area contributed by atoms with Crippen molar-refractivity contribution in [2.45, 2.75) is 19.6 Å². The van der Waals surface area contributed by atoms with Crippen LogP contribution in [-0.4, -0.2) is 20.0 Å². The predicted molar refractivity (Wildman–Crippen MR) is 62.8 cm³/mol. The smallest absolute Gasteiger partial charge is 0.204 e. The molecular formula is C11H12Cl2O3. The normalized spacial score (nSPS) is 18.1. The Hall–Kier alpha value is -0.640. The van der Waals surface area contributed by atoms with Gasteiger partial charge in [0.1, 0.15) is 10.8 Å². The highest BCUT2D eigenvalue weighted by Gasteiger charge is 2.28. The highest BCUT2D eigenvalue weighted by molar-refractivity contribution is 6.38. The van der Waals surface area contributed by atoms with Gasteiger partial charge in [-0.1, -0.05) is 23.2 Å². The lowest BCUT2D eigenvalue weighted by Gasteiger charge is -2.11. The van der Waals surface area contributed by atoms with E-state index in [0.717, 1.165) is 5.56 Å². The molecule has 88 valence electrons. The van der Waals surface area contributed by atoms with Gasteiger partial charge in [-0.3, -0.25) is 0 Å². The molecule has 1 unspecified atom stereocenters. The molecule has 1 aliphatic rings. The van der Waals surface area contributed by atoms with Crippen molar-refractivity contribution in [1.29, 1.82) is 0 Å². The summed E-state index contributed by atoms with van der Waals surface area (Å²) in [6.07, 6.45) is 0.382. The van der Waals surface area contributed by atoms with Gasteiger partial charge in [-0.25, -0.2) is 0 Å².